The number of carbonyl (C=O) groups is 1. The highest BCUT2D eigenvalue weighted by atomic mass is 32.2. The van der Waals surface area contributed by atoms with Crippen LogP contribution in [0.4, 0.5) is 5.69 Å². The fourth-order valence-electron chi connectivity index (χ4n) is 7.00. The summed E-state index contributed by atoms with van der Waals surface area (Å²) in [5.41, 5.74) is 2.59. The summed E-state index contributed by atoms with van der Waals surface area (Å²) < 4.78 is 25.3. The lowest BCUT2D eigenvalue weighted by atomic mass is 9.48. The quantitative estimate of drug-likeness (QED) is 0.840. The summed E-state index contributed by atoms with van der Waals surface area (Å²) in [6.45, 7) is 2.66. The molecule has 4 bridgehead atoms. The molecule has 1 amide bonds. The third-order valence-corrected chi connectivity index (χ3v) is 9.13. The molecule has 6 rings (SSSR count). The maximum absolute atomic E-state index is 13.0. The van der Waals surface area contributed by atoms with Gasteiger partial charge in [-0.05, 0) is 98.8 Å². The van der Waals surface area contributed by atoms with Gasteiger partial charge in [-0.2, -0.15) is 0 Å². The van der Waals surface area contributed by atoms with Crippen LogP contribution >= 0.6 is 0 Å². The topological polar surface area (TPSA) is 66.5 Å². The van der Waals surface area contributed by atoms with Crippen molar-refractivity contribution >= 4 is 21.6 Å². The van der Waals surface area contributed by atoms with Crippen molar-refractivity contribution in [3.05, 3.63) is 29.3 Å². The van der Waals surface area contributed by atoms with Gasteiger partial charge in [0.1, 0.15) is 0 Å². The smallest absolute Gasteiger partial charge is 0.251 e. The summed E-state index contributed by atoms with van der Waals surface area (Å²) >= 11 is 0. The van der Waals surface area contributed by atoms with Gasteiger partial charge in [-0.25, -0.2) is 8.42 Å². The molecule has 0 radical (unpaired) electrons. The molecule has 1 atom stereocenters. The molecule has 4 saturated carbocycles. The zero-order valence-electron chi connectivity index (χ0n) is 16.8. The van der Waals surface area contributed by atoms with Crippen LogP contribution in [-0.2, 0) is 16.4 Å². The molecule has 1 heterocycles. The van der Waals surface area contributed by atoms with E-state index < -0.39 is 10.0 Å². The standard InChI is InChI=1S/C22H30N2O3S/c1-14(22-11-15-7-16(12-22)9-17(8-15)13-22)23-21(25)19-3-4-20-18(10-19)5-6-24(20)28(2,26)27/h3-4,10,14-17H,5-9,11-13H2,1-2H3,(H,23,25). The van der Waals surface area contributed by atoms with Crippen molar-refractivity contribution < 1.29 is 13.2 Å². The lowest BCUT2D eigenvalue weighted by molar-refractivity contribution is -0.0688. The van der Waals surface area contributed by atoms with Crippen LogP contribution in [0.5, 0.6) is 0 Å². The predicted molar refractivity (Wildman–Crippen MR) is 110 cm³/mol. The first-order valence-electron chi connectivity index (χ1n) is 10.6. The van der Waals surface area contributed by atoms with Gasteiger partial charge in [0.25, 0.3) is 5.91 Å². The second kappa shape index (κ2) is 6.22. The monoisotopic (exact) mass is 402 g/mol. The van der Waals surface area contributed by atoms with Gasteiger partial charge in [0, 0.05) is 18.2 Å². The maximum Gasteiger partial charge on any atom is 0.251 e. The summed E-state index contributed by atoms with van der Waals surface area (Å²) in [6.07, 6.45) is 9.92. The normalized spacial score (nSPS) is 34.4. The Bertz CT molecular complexity index is 888. The van der Waals surface area contributed by atoms with Gasteiger partial charge >= 0.3 is 0 Å². The fraction of sp³-hybridized carbons (Fsp3) is 0.682. The minimum absolute atomic E-state index is 0.0242. The lowest BCUT2D eigenvalue weighted by Gasteiger charge is -2.59. The molecule has 28 heavy (non-hydrogen) atoms. The van der Waals surface area contributed by atoms with Gasteiger partial charge in [0.05, 0.1) is 11.9 Å². The van der Waals surface area contributed by atoms with E-state index in [1.165, 1.54) is 49.1 Å². The number of sulfonamides is 1. The van der Waals surface area contributed by atoms with Crippen molar-refractivity contribution in [2.75, 3.05) is 17.1 Å². The average molecular weight is 403 g/mol. The van der Waals surface area contributed by atoms with E-state index in [2.05, 4.69) is 12.2 Å². The maximum atomic E-state index is 13.0. The number of fused-ring (bicyclic) bond motifs is 1. The molecule has 4 aliphatic carbocycles. The highest BCUT2D eigenvalue weighted by Gasteiger charge is 2.53. The molecule has 1 aromatic carbocycles. The first-order chi connectivity index (χ1) is 13.2. The Balaban J connectivity index is 1.33. The van der Waals surface area contributed by atoms with Crippen LogP contribution in [0.3, 0.4) is 0 Å². The number of anilines is 1. The highest BCUT2D eigenvalue weighted by Crippen LogP contribution is 2.61. The molecule has 1 aromatic rings. The van der Waals surface area contributed by atoms with Crippen molar-refractivity contribution in [3.63, 3.8) is 0 Å². The number of rotatable bonds is 4. The van der Waals surface area contributed by atoms with Crippen LogP contribution in [0.25, 0.3) is 0 Å². The molecule has 0 aromatic heterocycles. The second-order valence-electron chi connectivity index (χ2n) is 9.90. The predicted octanol–water partition coefficient (Wildman–Crippen LogP) is 3.34. The van der Waals surface area contributed by atoms with Crippen LogP contribution in [0.15, 0.2) is 18.2 Å². The molecule has 152 valence electrons. The summed E-state index contributed by atoms with van der Waals surface area (Å²) in [5.74, 6) is 2.58. The Hall–Kier alpha value is -1.56. The minimum atomic E-state index is -3.26. The Kier molecular flexibility index (Phi) is 4.10. The van der Waals surface area contributed by atoms with Gasteiger partial charge in [0.15, 0.2) is 0 Å². The van der Waals surface area contributed by atoms with Crippen LogP contribution in [0.1, 0.15) is 61.4 Å². The summed E-state index contributed by atoms with van der Waals surface area (Å²) in [4.78, 5) is 13.0. The molecule has 0 spiro atoms. The molecule has 4 fully saturated rings. The van der Waals surface area contributed by atoms with E-state index in [9.17, 15) is 13.2 Å². The molecule has 1 N–H and O–H groups in total. The van der Waals surface area contributed by atoms with Gasteiger partial charge < -0.3 is 5.32 Å². The number of nitrogens with zero attached hydrogens (tertiary/aromatic N) is 1. The van der Waals surface area contributed by atoms with E-state index in [-0.39, 0.29) is 17.4 Å². The molecule has 5 nitrogen and oxygen atoms in total. The Labute approximate surface area is 167 Å². The van der Waals surface area contributed by atoms with Crippen LogP contribution in [-0.4, -0.2) is 33.2 Å². The second-order valence-corrected chi connectivity index (χ2v) is 11.8. The third kappa shape index (κ3) is 2.95. The van der Waals surface area contributed by atoms with E-state index in [1.54, 1.807) is 12.1 Å². The number of carbonyl (C=O) groups excluding carboxylic acids is 1. The molecule has 5 aliphatic rings. The molecule has 6 heteroatoms. The summed E-state index contributed by atoms with van der Waals surface area (Å²) in [7, 11) is -3.26. The van der Waals surface area contributed by atoms with Gasteiger partial charge in [-0.3, -0.25) is 9.10 Å². The van der Waals surface area contributed by atoms with Gasteiger partial charge in [-0.1, -0.05) is 0 Å². The van der Waals surface area contributed by atoms with Gasteiger partial charge in [-0.15, -0.1) is 0 Å². The van der Waals surface area contributed by atoms with E-state index in [0.717, 1.165) is 23.3 Å². The Morgan fingerprint density at radius 2 is 1.75 bits per heavy atom. The minimum Gasteiger partial charge on any atom is -0.349 e. The lowest BCUT2D eigenvalue weighted by Crippen LogP contribution is -2.55. The number of nitrogens with one attached hydrogen (secondary N) is 1. The third-order valence-electron chi connectivity index (χ3n) is 7.95. The van der Waals surface area contributed by atoms with Crippen molar-refractivity contribution in [2.24, 2.45) is 23.2 Å². The summed E-state index contributed by atoms with van der Waals surface area (Å²) in [5, 5.41) is 3.32. The SMILES string of the molecule is CC(NC(=O)c1ccc2c(c1)CCN2S(C)(=O)=O)C12CC3CC(CC(C3)C1)C2. The molecule has 0 saturated heterocycles. The van der Waals surface area contributed by atoms with Gasteiger partial charge in [0.2, 0.25) is 10.0 Å². The fourth-order valence-corrected chi connectivity index (χ4v) is 7.96. The molecule has 1 aliphatic heterocycles. The van der Waals surface area contributed by atoms with E-state index >= 15 is 0 Å². The average Bonchev–Trinajstić information content (AvgIpc) is 3.04. The number of amides is 1. The molecule has 1 unspecified atom stereocenters. The van der Waals surface area contributed by atoms with E-state index in [4.69, 9.17) is 0 Å². The van der Waals surface area contributed by atoms with Crippen molar-refractivity contribution in [3.8, 4) is 0 Å². The van der Waals surface area contributed by atoms with Crippen LogP contribution < -0.4 is 9.62 Å². The zero-order chi connectivity index (χ0) is 19.7. The van der Waals surface area contributed by atoms with Crippen molar-refractivity contribution in [1.82, 2.24) is 5.32 Å². The zero-order valence-corrected chi connectivity index (χ0v) is 17.6. The van der Waals surface area contributed by atoms with Crippen molar-refractivity contribution in [2.45, 2.75) is 57.9 Å². The largest absolute Gasteiger partial charge is 0.349 e. The van der Waals surface area contributed by atoms with Crippen LogP contribution in [0.2, 0.25) is 0 Å². The van der Waals surface area contributed by atoms with Crippen LogP contribution in [0, 0.1) is 23.2 Å². The first kappa shape index (κ1) is 18.5. The Morgan fingerprint density at radius 1 is 1.14 bits per heavy atom. The highest BCUT2D eigenvalue weighted by molar-refractivity contribution is 7.92. The van der Waals surface area contributed by atoms with E-state index in [0.29, 0.717) is 24.2 Å². The summed E-state index contributed by atoms with van der Waals surface area (Å²) in [6, 6.07) is 5.62. The Morgan fingerprint density at radius 3 is 2.32 bits per heavy atom. The molecular formula is C22H30N2O3S. The van der Waals surface area contributed by atoms with Crippen molar-refractivity contribution in [1.29, 1.82) is 0 Å². The molecular weight excluding hydrogens is 372 g/mol. The van der Waals surface area contributed by atoms with E-state index in [1.807, 2.05) is 6.07 Å². The first-order valence-corrected chi connectivity index (χ1v) is 12.5. The number of benzene rings is 1. The number of hydrogen-bond acceptors (Lipinski definition) is 3. The number of hydrogen-bond donors (Lipinski definition) is 1.